The second kappa shape index (κ2) is 27.3. The number of hydrogen-bond donors (Lipinski definition) is 1. The Balaban J connectivity index is 0. The molecule has 0 aromatic heterocycles. The van der Waals surface area contributed by atoms with E-state index in [1.165, 1.54) is 142 Å². The van der Waals surface area contributed by atoms with Crippen LogP contribution in [0.3, 0.4) is 0 Å². The Morgan fingerprint density at radius 2 is 0.633 bits per heavy atom. The fourth-order valence-corrected chi connectivity index (χ4v) is 3.60. The summed E-state index contributed by atoms with van der Waals surface area (Å²) >= 11 is 5.53. The van der Waals surface area contributed by atoms with Crippen LogP contribution in [0.1, 0.15) is 163 Å². The monoisotopic (exact) mass is 445 g/mol. The lowest BCUT2D eigenvalue weighted by Gasteiger charge is -2.05. The minimum absolute atomic E-state index is 0.0278. The molecule has 0 unspecified atom stereocenters. The molecule has 0 fully saturated rings. The van der Waals surface area contributed by atoms with Crippen molar-refractivity contribution < 1.29 is 0 Å². The lowest BCUT2D eigenvalue weighted by atomic mass is 10.1. The smallest absolute Gasteiger partial charge is 0.0362 e. The van der Waals surface area contributed by atoms with Crippen LogP contribution in [-0.2, 0) is 0 Å². The molecule has 2 heteroatoms. The summed E-state index contributed by atoms with van der Waals surface area (Å²) in [5.41, 5.74) is 0. The molecule has 0 aromatic carbocycles. The summed E-state index contributed by atoms with van der Waals surface area (Å²) in [4.78, 5) is -0.0278. The van der Waals surface area contributed by atoms with E-state index >= 15 is 0 Å². The highest BCUT2D eigenvalue weighted by molar-refractivity contribution is 6.23. The molecule has 1 nitrogen and oxygen atoms in total. The van der Waals surface area contributed by atoms with Gasteiger partial charge in [-0.1, -0.05) is 129 Å². The van der Waals surface area contributed by atoms with Crippen LogP contribution in [0, 0.1) is 0 Å². The first kappa shape index (κ1) is 32.4. The van der Waals surface area contributed by atoms with Crippen LogP contribution in [0.15, 0.2) is 0 Å². The van der Waals surface area contributed by atoms with Gasteiger partial charge in [0.15, 0.2) is 0 Å². The molecular weight excluding hydrogens is 386 g/mol. The Labute approximate surface area is 197 Å². The zero-order valence-corrected chi connectivity index (χ0v) is 22.7. The van der Waals surface area contributed by atoms with Gasteiger partial charge >= 0.3 is 0 Å². The molecule has 0 aliphatic rings. The van der Waals surface area contributed by atoms with Crippen molar-refractivity contribution in [3.05, 3.63) is 0 Å². The van der Waals surface area contributed by atoms with E-state index in [0.29, 0.717) is 0 Å². The summed E-state index contributed by atoms with van der Waals surface area (Å²) in [5.74, 6) is 0. The number of nitrogens with one attached hydrogen (secondary N) is 1. The molecular formula is C28H60ClN. The predicted octanol–water partition coefficient (Wildman–Crippen LogP) is 10.4. The maximum absolute atomic E-state index is 5.53. The number of halogens is 1. The number of rotatable bonds is 22. The average molecular weight is 446 g/mol. The van der Waals surface area contributed by atoms with Gasteiger partial charge in [0.05, 0.1) is 0 Å². The van der Waals surface area contributed by atoms with Gasteiger partial charge in [-0.2, -0.15) is 0 Å². The summed E-state index contributed by atoms with van der Waals surface area (Å²) in [6.45, 7) is 12.9. The highest BCUT2D eigenvalue weighted by Gasteiger charge is 1.99. The van der Waals surface area contributed by atoms with Gasteiger partial charge < -0.3 is 5.32 Å². The van der Waals surface area contributed by atoms with Crippen molar-refractivity contribution in [3.63, 3.8) is 0 Å². The number of unbranched alkanes of at least 4 members (excludes halogenated alkanes) is 18. The van der Waals surface area contributed by atoms with Crippen molar-refractivity contribution in [2.45, 2.75) is 168 Å². The topological polar surface area (TPSA) is 12.0 Å². The van der Waals surface area contributed by atoms with Crippen molar-refractivity contribution in [3.8, 4) is 0 Å². The van der Waals surface area contributed by atoms with E-state index in [1.807, 2.05) is 20.8 Å². The second-order valence-electron chi connectivity index (χ2n) is 10.2. The molecule has 30 heavy (non-hydrogen) atoms. The molecule has 0 aliphatic carbocycles. The minimum atomic E-state index is -0.0278. The van der Waals surface area contributed by atoms with Crippen LogP contribution in [0.25, 0.3) is 0 Å². The van der Waals surface area contributed by atoms with Gasteiger partial charge in [-0.3, -0.25) is 0 Å². The van der Waals surface area contributed by atoms with E-state index < -0.39 is 0 Å². The van der Waals surface area contributed by atoms with Crippen molar-refractivity contribution in [1.82, 2.24) is 5.32 Å². The van der Waals surface area contributed by atoms with Gasteiger partial charge in [-0.05, 0) is 46.7 Å². The van der Waals surface area contributed by atoms with Gasteiger partial charge in [-0.25, -0.2) is 0 Å². The normalized spacial score (nSPS) is 11.4. The van der Waals surface area contributed by atoms with E-state index in [2.05, 4.69) is 19.2 Å². The van der Waals surface area contributed by atoms with Crippen molar-refractivity contribution in [2.75, 3.05) is 13.1 Å². The van der Waals surface area contributed by atoms with Gasteiger partial charge in [0.1, 0.15) is 0 Å². The van der Waals surface area contributed by atoms with Crippen molar-refractivity contribution in [2.24, 2.45) is 0 Å². The predicted molar refractivity (Wildman–Crippen MR) is 142 cm³/mol. The van der Waals surface area contributed by atoms with Crippen LogP contribution < -0.4 is 5.32 Å². The van der Waals surface area contributed by atoms with E-state index in [9.17, 15) is 0 Å². The van der Waals surface area contributed by atoms with Crippen LogP contribution in [-0.4, -0.2) is 18.0 Å². The SMILES string of the molecule is CC(C)(C)Cl.CCCCCCCCCCCCNCCCCCCCCCCCC. The van der Waals surface area contributed by atoms with Gasteiger partial charge in [0, 0.05) is 4.87 Å². The van der Waals surface area contributed by atoms with Gasteiger partial charge in [0.2, 0.25) is 0 Å². The fourth-order valence-electron chi connectivity index (χ4n) is 3.60. The molecule has 0 radical (unpaired) electrons. The molecule has 184 valence electrons. The van der Waals surface area contributed by atoms with E-state index in [1.54, 1.807) is 0 Å². The summed E-state index contributed by atoms with van der Waals surface area (Å²) in [6.07, 6.45) is 28.8. The molecule has 0 atom stereocenters. The zero-order chi connectivity index (χ0) is 22.8. The van der Waals surface area contributed by atoms with Crippen LogP contribution in [0.5, 0.6) is 0 Å². The van der Waals surface area contributed by atoms with Crippen LogP contribution in [0.4, 0.5) is 0 Å². The molecule has 0 aromatic rings. The van der Waals surface area contributed by atoms with Crippen molar-refractivity contribution in [1.29, 1.82) is 0 Å². The number of alkyl halides is 1. The molecule has 0 heterocycles. The molecule has 0 saturated heterocycles. The summed E-state index contributed by atoms with van der Waals surface area (Å²) < 4.78 is 0. The van der Waals surface area contributed by atoms with E-state index in [4.69, 9.17) is 11.6 Å². The third-order valence-electron chi connectivity index (χ3n) is 5.41. The fraction of sp³-hybridized carbons (Fsp3) is 1.00. The zero-order valence-electron chi connectivity index (χ0n) is 21.9. The third-order valence-corrected chi connectivity index (χ3v) is 5.41. The number of hydrogen-bond acceptors (Lipinski definition) is 1. The van der Waals surface area contributed by atoms with Crippen molar-refractivity contribution >= 4 is 11.6 Å². The Morgan fingerprint density at radius 1 is 0.433 bits per heavy atom. The first-order valence-corrected chi connectivity index (χ1v) is 14.2. The average Bonchev–Trinajstić information content (AvgIpc) is 2.68. The summed E-state index contributed by atoms with van der Waals surface area (Å²) in [5, 5.41) is 3.64. The Hall–Kier alpha value is 0.250. The molecule has 0 aliphatic heterocycles. The minimum Gasteiger partial charge on any atom is -0.317 e. The maximum Gasteiger partial charge on any atom is 0.0362 e. The van der Waals surface area contributed by atoms with Crippen LogP contribution >= 0.6 is 11.6 Å². The first-order chi connectivity index (χ1) is 14.4. The lowest BCUT2D eigenvalue weighted by Crippen LogP contribution is -2.16. The summed E-state index contributed by atoms with van der Waals surface area (Å²) in [7, 11) is 0. The largest absolute Gasteiger partial charge is 0.317 e. The van der Waals surface area contributed by atoms with Crippen LogP contribution in [0.2, 0.25) is 0 Å². The Bertz CT molecular complexity index is 257. The first-order valence-electron chi connectivity index (χ1n) is 13.8. The molecule has 0 amide bonds. The van der Waals surface area contributed by atoms with E-state index in [-0.39, 0.29) is 4.87 Å². The molecule has 0 rings (SSSR count). The Kier molecular flexibility index (Phi) is 29.5. The van der Waals surface area contributed by atoms with Gasteiger partial charge in [0.25, 0.3) is 0 Å². The highest BCUT2D eigenvalue weighted by Crippen LogP contribution is 2.11. The van der Waals surface area contributed by atoms with E-state index in [0.717, 1.165) is 0 Å². The molecule has 0 spiro atoms. The molecule has 0 bridgehead atoms. The quantitative estimate of drug-likeness (QED) is 0.129. The second-order valence-corrected chi connectivity index (χ2v) is 11.3. The summed E-state index contributed by atoms with van der Waals surface area (Å²) in [6, 6.07) is 0. The lowest BCUT2D eigenvalue weighted by molar-refractivity contribution is 0.525. The maximum atomic E-state index is 5.53. The van der Waals surface area contributed by atoms with Gasteiger partial charge in [-0.15, -0.1) is 11.6 Å². The standard InChI is InChI=1S/C24H51N.C4H9Cl/c1-3-5-7-9-11-13-15-17-19-21-23-25-24-22-20-18-16-14-12-10-8-6-4-2;1-4(2,3)5/h25H,3-24H2,1-2H3;1-3H3. The highest BCUT2D eigenvalue weighted by atomic mass is 35.5. The molecule has 1 N–H and O–H groups in total. The molecule has 0 saturated carbocycles. The third kappa shape index (κ3) is 42.4. The Morgan fingerprint density at radius 3 is 0.867 bits per heavy atom.